The number of halogens is 1. The van der Waals surface area contributed by atoms with E-state index in [9.17, 15) is 0 Å². The van der Waals surface area contributed by atoms with E-state index in [1.807, 2.05) is 13.0 Å². The average molecular weight is 168 g/mol. The van der Waals surface area contributed by atoms with Gasteiger partial charge in [0.05, 0.1) is 5.02 Å². The van der Waals surface area contributed by atoms with Crippen molar-refractivity contribution in [3.63, 3.8) is 0 Å². The molecule has 0 amide bonds. The number of ether oxygens (including phenoxy) is 1. The van der Waals surface area contributed by atoms with Crippen LogP contribution in [0.1, 0.15) is 5.56 Å². The van der Waals surface area contributed by atoms with Crippen LogP contribution in [0, 0.1) is 18.4 Å². The molecular weight excluding hydrogens is 162 g/mol. The van der Waals surface area contributed by atoms with E-state index in [1.54, 1.807) is 18.4 Å². The fraction of sp³-hybridized carbons (Fsp3) is 0.125. The van der Waals surface area contributed by atoms with Gasteiger partial charge in [-0.3, -0.25) is 0 Å². The zero-order valence-electron chi connectivity index (χ0n) is 5.97. The Hall–Kier alpha value is -1.20. The molecule has 0 unspecified atom stereocenters. The lowest BCUT2D eigenvalue weighted by Gasteiger charge is -1.98. The first-order valence-corrected chi connectivity index (χ1v) is 3.44. The fourth-order valence-corrected chi connectivity index (χ4v) is 1.01. The van der Waals surface area contributed by atoms with Gasteiger partial charge in [-0.1, -0.05) is 17.7 Å². The van der Waals surface area contributed by atoms with Gasteiger partial charge in [0, 0.05) is 0 Å². The van der Waals surface area contributed by atoms with Gasteiger partial charge in [0.2, 0.25) is 0 Å². The van der Waals surface area contributed by atoms with E-state index in [1.165, 1.54) is 0 Å². The van der Waals surface area contributed by atoms with Crippen LogP contribution in [0.15, 0.2) is 18.2 Å². The summed E-state index contributed by atoms with van der Waals surface area (Å²) in [4.78, 5) is 0. The molecule has 2 nitrogen and oxygen atoms in total. The van der Waals surface area contributed by atoms with Crippen molar-refractivity contribution in [2.45, 2.75) is 6.92 Å². The number of aryl methyl sites for hydroxylation is 1. The molecule has 3 heteroatoms. The normalized spacial score (nSPS) is 8.82. The van der Waals surface area contributed by atoms with E-state index in [2.05, 4.69) is 4.74 Å². The molecule has 1 aromatic rings. The van der Waals surface area contributed by atoms with Crippen molar-refractivity contribution in [3.05, 3.63) is 28.8 Å². The van der Waals surface area contributed by atoms with Gasteiger partial charge in [-0.15, -0.1) is 5.26 Å². The van der Waals surface area contributed by atoms with E-state index in [-0.39, 0.29) is 0 Å². The quantitative estimate of drug-likeness (QED) is 0.602. The van der Waals surface area contributed by atoms with E-state index in [0.717, 1.165) is 5.56 Å². The van der Waals surface area contributed by atoms with Crippen LogP contribution in [0.5, 0.6) is 5.75 Å². The third-order valence-corrected chi connectivity index (χ3v) is 1.54. The first-order chi connectivity index (χ1) is 5.24. The Morgan fingerprint density at radius 3 is 2.82 bits per heavy atom. The number of rotatable bonds is 1. The van der Waals surface area contributed by atoms with Gasteiger partial charge in [-0.2, -0.15) is 0 Å². The Kier molecular flexibility index (Phi) is 2.35. The molecule has 0 aliphatic heterocycles. The van der Waals surface area contributed by atoms with Crippen LogP contribution in [-0.4, -0.2) is 0 Å². The molecule has 1 aromatic carbocycles. The van der Waals surface area contributed by atoms with Crippen LogP contribution < -0.4 is 4.74 Å². The molecule has 0 bridgehead atoms. The summed E-state index contributed by atoms with van der Waals surface area (Å²) in [5, 5.41) is 8.65. The van der Waals surface area contributed by atoms with Crippen LogP contribution in [0.2, 0.25) is 5.02 Å². The highest BCUT2D eigenvalue weighted by Gasteiger charge is 1.99. The predicted molar refractivity (Wildman–Crippen MR) is 42.4 cm³/mol. The van der Waals surface area contributed by atoms with Crippen molar-refractivity contribution in [1.29, 1.82) is 5.26 Å². The first kappa shape index (κ1) is 7.90. The zero-order valence-corrected chi connectivity index (χ0v) is 6.72. The monoisotopic (exact) mass is 167 g/mol. The molecule has 0 aliphatic carbocycles. The summed E-state index contributed by atoms with van der Waals surface area (Å²) in [7, 11) is 0. The number of nitriles is 1. The SMILES string of the molecule is Cc1ccc(OC#N)c(Cl)c1. The van der Waals surface area contributed by atoms with Gasteiger partial charge in [0.15, 0.2) is 5.75 Å². The van der Waals surface area contributed by atoms with E-state index < -0.39 is 0 Å². The summed E-state index contributed by atoms with van der Waals surface area (Å²) in [5.41, 5.74) is 1.04. The minimum Gasteiger partial charge on any atom is -0.386 e. The first-order valence-electron chi connectivity index (χ1n) is 3.06. The maximum Gasteiger partial charge on any atom is 0.292 e. The van der Waals surface area contributed by atoms with Crippen LogP contribution >= 0.6 is 11.6 Å². The number of nitrogens with zero attached hydrogens (tertiary/aromatic N) is 1. The molecule has 56 valence electrons. The summed E-state index contributed by atoms with van der Waals surface area (Å²) < 4.78 is 4.57. The molecule has 0 N–H and O–H groups in total. The van der Waals surface area contributed by atoms with Crippen molar-refractivity contribution in [2.24, 2.45) is 0 Å². The minimum absolute atomic E-state index is 0.403. The molecular formula is C8H6ClNO. The maximum absolute atomic E-state index is 8.18. The van der Waals surface area contributed by atoms with Gasteiger partial charge < -0.3 is 4.74 Å². The van der Waals surface area contributed by atoms with Crippen LogP contribution in [0.25, 0.3) is 0 Å². The smallest absolute Gasteiger partial charge is 0.292 e. The van der Waals surface area contributed by atoms with Gasteiger partial charge in [-0.25, -0.2) is 0 Å². The van der Waals surface area contributed by atoms with Crippen molar-refractivity contribution in [3.8, 4) is 12.0 Å². The lowest BCUT2D eigenvalue weighted by Crippen LogP contribution is -1.83. The molecule has 0 saturated carbocycles. The largest absolute Gasteiger partial charge is 0.386 e. The average Bonchev–Trinajstić information content (AvgIpc) is 1.95. The highest BCUT2D eigenvalue weighted by Crippen LogP contribution is 2.24. The maximum atomic E-state index is 8.18. The topological polar surface area (TPSA) is 33.0 Å². The van der Waals surface area contributed by atoms with Crippen LogP contribution in [0.4, 0.5) is 0 Å². The molecule has 0 aliphatic rings. The lowest BCUT2D eigenvalue weighted by molar-refractivity contribution is 0.507. The van der Waals surface area contributed by atoms with Crippen molar-refractivity contribution < 1.29 is 4.74 Å². The van der Waals surface area contributed by atoms with Gasteiger partial charge in [0.1, 0.15) is 0 Å². The number of benzene rings is 1. The molecule has 0 heterocycles. The molecule has 0 saturated heterocycles. The Bertz CT molecular complexity index is 303. The summed E-state index contributed by atoms with van der Waals surface area (Å²) in [6.45, 7) is 1.92. The zero-order chi connectivity index (χ0) is 8.27. The standard InChI is InChI=1S/C8H6ClNO/c1-6-2-3-8(11-5-10)7(9)4-6/h2-4H,1H3. The molecule has 1 rings (SSSR count). The third-order valence-electron chi connectivity index (χ3n) is 1.24. The van der Waals surface area contributed by atoms with E-state index in [4.69, 9.17) is 16.9 Å². The summed E-state index contributed by atoms with van der Waals surface area (Å²) in [5.74, 6) is 0.403. The molecule has 0 aromatic heterocycles. The second-order valence-electron chi connectivity index (χ2n) is 2.13. The van der Waals surface area contributed by atoms with Crippen molar-refractivity contribution in [2.75, 3.05) is 0 Å². The van der Waals surface area contributed by atoms with Gasteiger partial charge in [0.25, 0.3) is 6.26 Å². The summed E-state index contributed by atoms with van der Waals surface area (Å²) >= 11 is 5.73. The Labute approximate surface area is 70.0 Å². The highest BCUT2D eigenvalue weighted by atomic mass is 35.5. The van der Waals surface area contributed by atoms with Crippen molar-refractivity contribution >= 4 is 11.6 Å². The molecule has 0 spiro atoms. The van der Waals surface area contributed by atoms with Crippen molar-refractivity contribution in [1.82, 2.24) is 0 Å². The summed E-state index contributed by atoms with van der Waals surface area (Å²) in [6, 6.07) is 5.24. The fourth-order valence-electron chi connectivity index (χ4n) is 0.738. The third kappa shape index (κ3) is 1.86. The molecule has 0 fully saturated rings. The Morgan fingerprint density at radius 1 is 1.55 bits per heavy atom. The van der Waals surface area contributed by atoms with Gasteiger partial charge in [-0.05, 0) is 24.6 Å². The number of hydrogen-bond donors (Lipinski definition) is 0. The van der Waals surface area contributed by atoms with Gasteiger partial charge >= 0.3 is 0 Å². The van der Waals surface area contributed by atoms with E-state index in [0.29, 0.717) is 10.8 Å². The lowest BCUT2D eigenvalue weighted by atomic mass is 10.2. The van der Waals surface area contributed by atoms with Crippen LogP contribution in [-0.2, 0) is 0 Å². The second kappa shape index (κ2) is 3.27. The second-order valence-corrected chi connectivity index (χ2v) is 2.53. The summed E-state index contributed by atoms with van der Waals surface area (Å²) in [6.07, 6.45) is 1.56. The molecule has 11 heavy (non-hydrogen) atoms. The highest BCUT2D eigenvalue weighted by molar-refractivity contribution is 6.32. The minimum atomic E-state index is 0.403. The Balaban J connectivity index is 3.01. The van der Waals surface area contributed by atoms with E-state index >= 15 is 0 Å². The van der Waals surface area contributed by atoms with Crippen LogP contribution in [0.3, 0.4) is 0 Å². The Morgan fingerprint density at radius 2 is 2.27 bits per heavy atom. The molecule has 0 radical (unpaired) electrons. The molecule has 0 atom stereocenters. The predicted octanol–water partition coefficient (Wildman–Crippen LogP) is 2.51. The number of hydrogen-bond acceptors (Lipinski definition) is 2.